The number of nitrogens with zero attached hydrogens (tertiary/aromatic N) is 2. The summed E-state index contributed by atoms with van der Waals surface area (Å²) in [6.07, 6.45) is 3.07. The maximum atomic E-state index is 12.7. The summed E-state index contributed by atoms with van der Waals surface area (Å²) in [5.41, 5.74) is 1.81. The van der Waals surface area contributed by atoms with Gasteiger partial charge in [-0.3, -0.25) is 14.6 Å². The third-order valence-electron chi connectivity index (χ3n) is 5.34. The molecule has 0 bridgehead atoms. The largest absolute Gasteiger partial charge is 0.465 e. The van der Waals surface area contributed by atoms with Crippen molar-refractivity contribution in [1.29, 1.82) is 0 Å². The van der Waals surface area contributed by atoms with Gasteiger partial charge < -0.3 is 4.74 Å². The number of amides is 1. The van der Waals surface area contributed by atoms with E-state index in [4.69, 9.17) is 4.74 Å². The molecule has 3 heterocycles. The lowest BCUT2D eigenvalue weighted by molar-refractivity contribution is -0.119. The van der Waals surface area contributed by atoms with E-state index in [9.17, 15) is 14.4 Å². The van der Waals surface area contributed by atoms with Crippen LogP contribution in [0.15, 0.2) is 65.5 Å². The average molecular weight is 537 g/mol. The van der Waals surface area contributed by atoms with Gasteiger partial charge in [0.15, 0.2) is 0 Å². The van der Waals surface area contributed by atoms with Gasteiger partial charge >= 0.3 is 11.2 Å². The van der Waals surface area contributed by atoms with Crippen molar-refractivity contribution in [1.82, 2.24) is 10.0 Å². The highest BCUT2D eigenvalue weighted by Gasteiger charge is 2.23. The van der Waals surface area contributed by atoms with Crippen LogP contribution in [0.4, 0.5) is 4.79 Å². The maximum Gasteiger partial charge on any atom is 0.348 e. The van der Waals surface area contributed by atoms with Crippen LogP contribution in [0, 0.1) is 11.8 Å². The summed E-state index contributed by atoms with van der Waals surface area (Å²) in [5.74, 6) is 6.03. The second-order valence-electron chi connectivity index (χ2n) is 7.86. The summed E-state index contributed by atoms with van der Waals surface area (Å²) in [7, 11) is 1.36. The van der Waals surface area contributed by atoms with Crippen LogP contribution >= 0.6 is 34.4 Å². The van der Waals surface area contributed by atoms with E-state index in [0.29, 0.717) is 37.2 Å². The Bertz CT molecular complexity index is 1320. The van der Waals surface area contributed by atoms with Gasteiger partial charge in [0.05, 0.1) is 12.0 Å². The number of benzene rings is 1. The second-order valence-corrected chi connectivity index (χ2v) is 10.8. The minimum atomic E-state index is -0.362. The number of carbonyl (C=O) groups is 3. The molecular formula is C27H24N2O4S3. The zero-order valence-electron chi connectivity index (χ0n) is 19.6. The van der Waals surface area contributed by atoms with Crippen LogP contribution < -0.4 is 0 Å². The summed E-state index contributed by atoms with van der Waals surface area (Å²) in [6, 6.07) is 15.3. The molecule has 0 unspecified atom stereocenters. The fourth-order valence-electron chi connectivity index (χ4n) is 3.56. The van der Waals surface area contributed by atoms with Gasteiger partial charge in [-0.2, -0.15) is 0 Å². The number of esters is 1. The minimum absolute atomic E-state index is 0.0910. The predicted octanol–water partition coefficient (Wildman–Crippen LogP) is 5.60. The Morgan fingerprint density at radius 2 is 1.94 bits per heavy atom. The fraction of sp³-hybridized carbons (Fsp3) is 0.222. The molecule has 1 aromatic carbocycles. The number of hydrogen-bond donors (Lipinski definition) is 0. The molecule has 184 valence electrons. The van der Waals surface area contributed by atoms with E-state index in [1.54, 1.807) is 32.8 Å². The molecule has 3 aromatic rings. The van der Waals surface area contributed by atoms with E-state index in [1.807, 2.05) is 54.0 Å². The van der Waals surface area contributed by atoms with Crippen LogP contribution in [0.1, 0.15) is 37.0 Å². The summed E-state index contributed by atoms with van der Waals surface area (Å²) in [6.45, 7) is 0.869. The first kappa shape index (κ1) is 25.8. The number of thioether (sulfide) groups is 1. The van der Waals surface area contributed by atoms with E-state index in [0.717, 1.165) is 32.6 Å². The van der Waals surface area contributed by atoms with E-state index < -0.39 is 0 Å². The Morgan fingerprint density at radius 1 is 1.06 bits per heavy atom. The first-order chi connectivity index (χ1) is 17.5. The quantitative estimate of drug-likeness (QED) is 0.262. The number of hydrazine groups is 1. The lowest BCUT2D eigenvalue weighted by Crippen LogP contribution is -2.45. The first-order valence-electron chi connectivity index (χ1n) is 11.3. The van der Waals surface area contributed by atoms with Crippen LogP contribution in [0.5, 0.6) is 0 Å². The average Bonchev–Trinajstić information content (AvgIpc) is 3.58. The lowest BCUT2D eigenvalue weighted by Gasteiger charge is -2.35. The summed E-state index contributed by atoms with van der Waals surface area (Å²) in [4.78, 5) is 39.5. The van der Waals surface area contributed by atoms with Crippen molar-refractivity contribution in [2.24, 2.45) is 0 Å². The molecule has 1 aliphatic heterocycles. The summed E-state index contributed by atoms with van der Waals surface area (Å²) < 4.78 is 4.76. The zero-order chi connectivity index (χ0) is 25.3. The molecule has 2 aromatic heterocycles. The molecular weight excluding hydrogens is 513 g/mol. The number of carbonyl (C=O) groups excluding carboxylic acids is 3. The van der Waals surface area contributed by atoms with Crippen molar-refractivity contribution in [3.05, 3.63) is 91.3 Å². The van der Waals surface area contributed by atoms with Crippen molar-refractivity contribution in [2.75, 3.05) is 20.2 Å². The first-order valence-corrected chi connectivity index (χ1v) is 13.8. The summed E-state index contributed by atoms with van der Waals surface area (Å²) in [5, 5.41) is 7.09. The Morgan fingerprint density at radius 3 is 2.75 bits per heavy atom. The molecule has 1 amide bonds. The molecule has 0 saturated heterocycles. The van der Waals surface area contributed by atoms with Crippen molar-refractivity contribution in [2.45, 2.75) is 19.3 Å². The molecule has 0 N–H and O–H groups in total. The smallest absolute Gasteiger partial charge is 0.348 e. The van der Waals surface area contributed by atoms with Gasteiger partial charge in [0.2, 0.25) is 0 Å². The van der Waals surface area contributed by atoms with E-state index in [-0.39, 0.29) is 17.0 Å². The van der Waals surface area contributed by atoms with Gasteiger partial charge in [-0.05, 0) is 58.4 Å². The molecule has 0 spiro atoms. The van der Waals surface area contributed by atoms with Gasteiger partial charge in [-0.25, -0.2) is 9.80 Å². The minimum Gasteiger partial charge on any atom is -0.465 e. The molecule has 0 radical (unpaired) electrons. The number of methoxy groups -OCH3 is 1. The number of Topliss-reactive ketones (excluding diaryl/α,β-unsaturated/α-hetero) is 1. The number of hydrogen-bond acceptors (Lipinski definition) is 8. The van der Waals surface area contributed by atoms with Crippen molar-refractivity contribution in [3.63, 3.8) is 0 Å². The Hall–Kier alpha value is -3.32. The molecule has 1 aliphatic rings. The van der Waals surface area contributed by atoms with Gasteiger partial charge in [0, 0.05) is 49.0 Å². The molecule has 4 rings (SSSR count). The Labute approximate surface area is 222 Å². The van der Waals surface area contributed by atoms with Crippen molar-refractivity contribution >= 4 is 51.4 Å². The van der Waals surface area contributed by atoms with E-state index in [1.165, 1.54) is 18.4 Å². The molecule has 36 heavy (non-hydrogen) atoms. The molecule has 0 aliphatic carbocycles. The standard InChI is InChI=1S/C27H24N2O4S3/c1-33-26(31)25-10-9-24(36-25)12-14-29-27(32)35-17-15-28(29)13-11-22(30)19-21-5-2-4-20(18-21)7-8-23-6-3-16-34-23/h2-6,9-10,15-18H,11-14,19H2,1H3. The molecule has 6 nitrogen and oxygen atoms in total. The van der Waals surface area contributed by atoms with Gasteiger partial charge in [-0.15, -0.1) is 22.7 Å². The number of ketones is 1. The fourth-order valence-corrected chi connectivity index (χ4v) is 5.68. The van der Waals surface area contributed by atoms with Gasteiger partial charge in [0.1, 0.15) is 10.7 Å². The Balaban J connectivity index is 1.31. The number of rotatable bonds is 9. The highest BCUT2D eigenvalue weighted by molar-refractivity contribution is 8.16. The third kappa shape index (κ3) is 7.10. The lowest BCUT2D eigenvalue weighted by atomic mass is 10.0. The van der Waals surface area contributed by atoms with Gasteiger partial charge in [0.25, 0.3) is 0 Å². The summed E-state index contributed by atoms with van der Waals surface area (Å²) >= 11 is 4.08. The Kier molecular flexibility index (Phi) is 9.01. The molecule has 0 fully saturated rings. The van der Waals surface area contributed by atoms with Crippen molar-refractivity contribution < 1.29 is 19.1 Å². The third-order valence-corrected chi connectivity index (χ3v) is 7.92. The predicted molar refractivity (Wildman–Crippen MR) is 145 cm³/mol. The van der Waals surface area contributed by atoms with Gasteiger partial charge in [-0.1, -0.05) is 30.0 Å². The molecule has 0 saturated carbocycles. The van der Waals surface area contributed by atoms with Crippen LogP contribution in [0.3, 0.4) is 0 Å². The zero-order valence-corrected chi connectivity index (χ0v) is 22.1. The SMILES string of the molecule is COC(=O)c1ccc(CCN2C(=O)SC=CN2CCC(=O)Cc2cccc(C#Cc3cccs3)c2)s1. The maximum absolute atomic E-state index is 12.7. The van der Waals surface area contributed by atoms with Crippen LogP contribution in [-0.4, -0.2) is 47.2 Å². The van der Waals surface area contributed by atoms with Crippen LogP contribution in [-0.2, 0) is 22.4 Å². The van der Waals surface area contributed by atoms with E-state index >= 15 is 0 Å². The highest BCUT2D eigenvalue weighted by Crippen LogP contribution is 2.23. The monoisotopic (exact) mass is 536 g/mol. The van der Waals surface area contributed by atoms with Crippen molar-refractivity contribution in [3.8, 4) is 11.8 Å². The normalized spacial score (nSPS) is 12.9. The highest BCUT2D eigenvalue weighted by atomic mass is 32.2. The second kappa shape index (κ2) is 12.6. The number of thiophene rings is 2. The van der Waals surface area contributed by atoms with Crippen LogP contribution in [0.25, 0.3) is 0 Å². The van der Waals surface area contributed by atoms with Crippen LogP contribution in [0.2, 0.25) is 0 Å². The number of ether oxygens (including phenoxy) is 1. The molecule has 9 heteroatoms. The topological polar surface area (TPSA) is 66.9 Å². The molecule has 0 atom stereocenters. The van der Waals surface area contributed by atoms with E-state index in [2.05, 4.69) is 11.8 Å².